The maximum atomic E-state index is 13.1. The Kier molecular flexibility index (Phi) is 67.1. The first-order chi connectivity index (χ1) is 42.0. The number of hydrogen-bond acceptors (Lipinski definition) is 5. The number of quaternary nitrogens is 1. The molecular formula is C77H152N2O6P+. The van der Waals surface area contributed by atoms with Gasteiger partial charge in [-0.1, -0.05) is 378 Å². The van der Waals surface area contributed by atoms with Gasteiger partial charge in [0.1, 0.15) is 13.2 Å². The topological polar surface area (TPSA) is 105 Å². The fourth-order valence-corrected chi connectivity index (χ4v) is 12.7. The minimum atomic E-state index is -4.33. The van der Waals surface area contributed by atoms with E-state index in [2.05, 4.69) is 55.6 Å². The van der Waals surface area contributed by atoms with E-state index in [0.29, 0.717) is 23.9 Å². The van der Waals surface area contributed by atoms with Crippen molar-refractivity contribution in [3.8, 4) is 0 Å². The minimum absolute atomic E-state index is 0.0777. The van der Waals surface area contributed by atoms with Crippen LogP contribution in [-0.4, -0.2) is 73.4 Å². The molecule has 9 heteroatoms. The highest BCUT2D eigenvalue weighted by atomic mass is 31.2. The zero-order valence-corrected chi connectivity index (χ0v) is 59.5. The lowest BCUT2D eigenvalue weighted by atomic mass is 10.0. The molecule has 0 rings (SSSR count). The van der Waals surface area contributed by atoms with Crippen LogP contribution in [0, 0.1) is 0 Å². The summed E-state index contributed by atoms with van der Waals surface area (Å²) >= 11 is 0. The van der Waals surface area contributed by atoms with Crippen LogP contribution in [0.4, 0.5) is 0 Å². The van der Waals surface area contributed by atoms with Crippen LogP contribution in [0.25, 0.3) is 0 Å². The number of likely N-dealkylation sites (N-methyl/N-ethyl adjacent to an activating group) is 1. The van der Waals surface area contributed by atoms with Crippen LogP contribution in [0.5, 0.6) is 0 Å². The van der Waals surface area contributed by atoms with Crippen LogP contribution in [0.3, 0.4) is 0 Å². The predicted octanol–water partition coefficient (Wildman–Crippen LogP) is 24.8. The fourth-order valence-electron chi connectivity index (χ4n) is 11.9. The molecule has 3 atom stereocenters. The fraction of sp³-hybridized carbons (Fsp3) is 0.909. The van der Waals surface area contributed by atoms with E-state index in [1.807, 2.05) is 21.1 Å². The zero-order valence-electron chi connectivity index (χ0n) is 58.6. The van der Waals surface area contributed by atoms with Gasteiger partial charge in [-0.25, -0.2) is 4.57 Å². The van der Waals surface area contributed by atoms with Crippen molar-refractivity contribution < 1.29 is 32.9 Å². The second kappa shape index (κ2) is 68.1. The molecule has 0 fully saturated rings. The number of phosphoric ester groups is 1. The lowest BCUT2D eigenvalue weighted by Crippen LogP contribution is -2.46. The molecule has 0 aliphatic carbocycles. The molecule has 1 amide bonds. The molecule has 0 aromatic heterocycles. The first-order valence-corrected chi connectivity index (χ1v) is 39.8. The number of carbonyl (C=O) groups is 1. The van der Waals surface area contributed by atoms with Crippen LogP contribution in [0.15, 0.2) is 36.5 Å². The predicted molar refractivity (Wildman–Crippen MR) is 378 cm³/mol. The molecule has 0 saturated heterocycles. The quantitative estimate of drug-likeness (QED) is 0.0243. The smallest absolute Gasteiger partial charge is 0.391 e. The van der Waals surface area contributed by atoms with Crippen LogP contribution in [-0.2, 0) is 18.4 Å². The van der Waals surface area contributed by atoms with E-state index in [1.165, 1.54) is 321 Å². The zero-order chi connectivity index (χ0) is 62.6. The normalized spacial score (nSPS) is 13.7. The number of unbranched alkanes of at least 4 members (excludes halogenated alkanes) is 53. The van der Waals surface area contributed by atoms with Gasteiger partial charge >= 0.3 is 7.82 Å². The molecule has 0 saturated carbocycles. The molecule has 0 spiro atoms. The lowest BCUT2D eigenvalue weighted by Gasteiger charge is -2.26. The van der Waals surface area contributed by atoms with Gasteiger partial charge in [0.2, 0.25) is 5.91 Å². The highest BCUT2D eigenvalue weighted by Crippen LogP contribution is 2.43. The Hall–Kier alpha value is -1.28. The van der Waals surface area contributed by atoms with Gasteiger partial charge in [0.05, 0.1) is 39.9 Å². The summed E-state index contributed by atoms with van der Waals surface area (Å²) in [6, 6.07) is -0.760. The Morgan fingerprint density at radius 1 is 0.395 bits per heavy atom. The molecule has 8 nitrogen and oxygen atoms in total. The number of allylic oxidation sites excluding steroid dienone is 6. The molecule has 0 aliphatic rings. The van der Waals surface area contributed by atoms with Crippen LogP contribution < -0.4 is 5.32 Å². The summed E-state index contributed by atoms with van der Waals surface area (Å²) in [6.07, 6.45) is 91.4. The van der Waals surface area contributed by atoms with Crippen molar-refractivity contribution in [1.82, 2.24) is 5.32 Å². The van der Waals surface area contributed by atoms with E-state index < -0.39 is 20.0 Å². The Bertz CT molecular complexity index is 1500. The highest BCUT2D eigenvalue weighted by Gasteiger charge is 2.28. The number of nitrogens with zero attached hydrogens (tertiary/aromatic N) is 1. The molecule has 3 unspecified atom stereocenters. The number of amides is 1. The van der Waals surface area contributed by atoms with Gasteiger partial charge in [-0.2, -0.15) is 0 Å². The number of aliphatic hydroxyl groups is 1. The lowest BCUT2D eigenvalue weighted by molar-refractivity contribution is -0.870. The second-order valence-electron chi connectivity index (χ2n) is 27.7. The number of nitrogens with one attached hydrogen (secondary N) is 1. The number of aliphatic hydroxyl groups excluding tert-OH is 1. The summed E-state index contributed by atoms with van der Waals surface area (Å²) in [5, 5.41) is 14.2. The van der Waals surface area contributed by atoms with Crippen molar-refractivity contribution in [2.45, 2.75) is 411 Å². The molecule has 0 bridgehead atoms. The second-order valence-corrected chi connectivity index (χ2v) is 29.2. The molecular weight excluding hydrogens is 1080 g/mol. The molecule has 0 aliphatic heterocycles. The van der Waals surface area contributed by atoms with Gasteiger partial charge in [0, 0.05) is 6.42 Å². The van der Waals surface area contributed by atoms with Gasteiger partial charge in [-0.05, 0) is 51.4 Å². The summed E-state index contributed by atoms with van der Waals surface area (Å²) in [7, 11) is 1.64. The van der Waals surface area contributed by atoms with Crippen molar-refractivity contribution in [1.29, 1.82) is 0 Å². The molecule has 0 radical (unpaired) electrons. The Balaban J connectivity index is 3.88. The number of hydrogen-bond donors (Lipinski definition) is 3. The summed E-state index contributed by atoms with van der Waals surface area (Å²) < 4.78 is 23.9. The molecule has 0 aromatic rings. The van der Waals surface area contributed by atoms with Crippen LogP contribution >= 0.6 is 7.82 Å². The van der Waals surface area contributed by atoms with E-state index in [4.69, 9.17) is 9.05 Å². The maximum Gasteiger partial charge on any atom is 0.472 e. The van der Waals surface area contributed by atoms with Crippen molar-refractivity contribution >= 4 is 13.7 Å². The van der Waals surface area contributed by atoms with Gasteiger partial charge in [0.25, 0.3) is 0 Å². The monoisotopic (exact) mass is 1230 g/mol. The van der Waals surface area contributed by atoms with Crippen LogP contribution in [0.2, 0.25) is 0 Å². The summed E-state index contributed by atoms with van der Waals surface area (Å²) in [6.45, 7) is 4.94. The standard InChI is InChI=1S/C77H151N2O6P/c1-6-8-10-12-14-16-18-20-22-24-26-28-30-31-32-33-34-35-36-37-38-39-40-41-42-43-44-45-46-47-49-51-53-55-57-59-61-63-65-67-69-71-77(81)78-75(74-85-86(82,83)84-73-72-79(3,4)5)76(80)70-68-66-64-62-60-58-56-54-52-50-48-29-27-25-23-21-19-17-15-13-11-9-7-2/h18,20,24,26,30-31,75-76,80H,6-17,19,21-23,25,27-29,32-74H2,1-5H3,(H-,78,81,82,83)/p+1/b20-18-,26-24-,31-30-. The average molecular weight is 1230 g/mol. The first-order valence-electron chi connectivity index (χ1n) is 38.4. The number of phosphoric acid groups is 1. The minimum Gasteiger partial charge on any atom is -0.391 e. The molecule has 510 valence electrons. The summed E-state index contributed by atoms with van der Waals surface area (Å²) in [5.41, 5.74) is 0. The Morgan fingerprint density at radius 3 is 0.965 bits per heavy atom. The first kappa shape index (κ1) is 84.7. The number of rotatable bonds is 72. The van der Waals surface area contributed by atoms with E-state index in [-0.39, 0.29) is 19.1 Å². The molecule has 86 heavy (non-hydrogen) atoms. The summed E-state index contributed by atoms with van der Waals surface area (Å²) in [4.78, 5) is 23.5. The average Bonchev–Trinajstić information content (AvgIpc) is 3.70. The van der Waals surface area contributed by atoms with E-state index in [0.717, 1.165) is 51.4 Å². The van der Waals surface area contributed by atoms with E-state index in [9.17, 15) is 19.4 Å². The van der Waals surface area contributed by atoms with Gasteiger partial charge in [-0.15, -0.1) is 0 Å². The van der Waals surface area contributed by atoms with E-state index in [1.54, 1.807) is 0 Å². The summed E-state index contributed by atoms with van der Waals surface area (Å²) in [5.74, 6) is -0.135. The third-order valence-corrected chi connectivity index (χ3v) is 18.9. The Morgan fingerprint density at radius 2 is 0.663 bits per heavy atom. The third kappa shape index (κ3) is 70.2. The third-order valence-electron chi connectivity index (χ3n) is 17.9. The molecule has 0 aromatic carbocycles. The van der Waals surface area contributed by atoms with Gasteiger partial charge < -0.3 is 19.8 Å². The Labute approximate surface area is 537 Å². The van der Waals surface area contributed by atoms with Crippen molar-refractivity contribution in [2.75, 3.05) is 40.9 Å². The highest BCUT2D eigenvalue weighted by molar-refractivity contribution is 7.47. The van der Waals surface area contributed by atoms with Crippen molar-refractivity contribution in [3.63, 3.8) is 0 Å². The van der Waals surface area contributed by atoms with Crippen molar-refractivity contribution in [3.05, 3.63) is 36.5 Å². The largest absolute Gasteiger partial charge is 0.472 e. The molecule has 3 N–H and O–H groups in total. The van der Waals surface area contributed by atoms with E-state index >= 15 is 0 Å². The van der Waals surface area contributed by atoms with Crippen LogP contribution in [0.1, 0.15) is 399 Å². The van der Waals surface area contributed by atoms with Crippen molar-refractivity contribution in [2.24, 2.45) is 0 Å². The SMILES string of the molecule is CCCCCCC/C=C\C/C=C\C/C=C\CCCCCCCCCCCCCCCCCCCCCCCCCCCCC(=O)NC(COP(=O)(O)OCC[N+](C)(C)C)C(O)CCCCCCCCCCCCCCCCCCCCCCCCC. The molecule has 0 heterocycles. The number of carbonyl (C=O) groups excluding carboxylic acids is 1. The maximum absolute atomic E-state index is 13.1. The van der Waals surface area contributed by atoms with Gasteiger partial charge in [-0.3, -0.25) is 13.8 Å². The van der Waals surface area contributed by atoms with Gasteiger partial charge in [0.15, 0.2) is 0 Å².